The number of nitrogens with one attached hydrogen (secondary N) is 1. The Morgan fingerprint density at radius 1 is 1.32 bits per heavy atom. The number of ether oxygens (including phenoxy) is 1. The summed E-state index contributed by atoms with van der Waals surface area (Å²) < 4.78 is 7.36. The molecule has 1 aromatic carbocycles. The van der Waals surface area contributed by atoms with Crippen molar-refractivity contribution in [1.82, 2.24) is 10.3 Å². The van der Waals surface area contributed by atoms with E-state index in [0.717, 1.165) is 15.6 Å². The molecule has 1 aromatic heterocycles. The smallest absolute Gasteiger partial charge is 0.306 e. The Bertz CT molecular complexity index is 704. The van der Waals surface area contributed by atoms with Crippen LogP contribution < -0.4 is 5.32 Å². The van der Waals surface area contributed by atoms with E-state index in [1.807, 2.05) is 39.0 Å². The molecule has 0 saturated heterocycles. The SMILES string of the molecule is C[C@H](OC(=O)CCCSc1nc2ccccc2s1)C(=O)NC(C)(C)C. The van der Waals surface area contributed by atoms with Crippen LogP contribution in [0.5, 0.6) is 0 Å². The molecule has 1 amide bonds. The van der Waals surface area contributed by atoms with Crippen molar-refractivity contribution in [2.75, 3.05) is 5.75 Å². The first-order valence-corrected chi connectivity index (χ1v) is 10.0. The molecule has 7 heteroatoms. The average molecular weight is 381 g/mol. The van der Waals surface area contributed by atoms with Gasteiger partial charge in [0.15, 0.2) is 10.4 Å². The third-order valence-corrected chi connectivity index (χ3v) is 5.47. The van der Waals surface area contributed by atoms with Crippen molar-refractivity contribution in [3.05, 3.63) is 24.3 Å². The average Bonchev–Trinajstić information content (AvgIpc) is 2.92. The quantitative estimate of drug-likeness (QED) is 0.446. The molecular formula is C18H24N2O3S2. The number of amides is 1. The van der Waals surface area contributed by atoms with E-state index < -0.39 is 6.10 Å². The molecule has 0 fully saturated rings. The number of hydrogen-bond donors (Lipinski definition) is 1. The van der Waals surface area contributed by atoms with Crippen LogP contribution in [0, 0.1) is 0 Å². The van der Waals surface area contributed by atoms with Gasteiger partial charge in [-0.05, 0) is 46.2 Å². The van der Waals surface area contributed by atoms with Crippen LogP contribution in [-0.4, -0.2) is 34.3 Å². The molecule has 0 aliphatic rings. The van der Waals surface area contributed by atoms with Crippen LogP contribution in [0.1, 0.15) is 40.5 Å². The number of aromatic nitrogens is 1. The van der Waals surface area contributed by atoms with Gasteiger partial charge in [0.1, 0.15) is 0 Å². The zero-order chi connectivity index (χ0) is 18.4. The summed E-state index contributed by atoms with van der Waals surface area (Å²) >= 11 is 3.30. The van der Waals surface area contributed by atoms with Crippen LogP contribution >= 0.6 is 23.1 Å². The third kappa shape index (κ3) is 6.66. The number of fused-ring (bicyclic) bond motifs is 1. The minimum absolute atomic E-state index is 0.273. The molecule has 1 heterocycles. The number of rotatable bonds is 7. The van der Waals surface area contributed by atoms with Gasteiger partial charge in [-0.25, -0.2) is 4.98 Å². The topological polar surface area (TPSA) is 68.3 Å². The molecule has 5 nitrogen and oxygen atoms in total. The number of para-hydroxylation sites is 1. The number of benzene rings is 1. The lowest BCUT2D eigenvalue weighted by atomic mass is 10.1. The molecule has 0 spiro atoms. The van der Waals surface area contributed by atoms with E-state index in [9.17, 15) is 9.59 Å². The molecule has 0 aliphatic carbocycles. The van der Waals surface area contributed by atoms with E-state index in [4.69, 9.17) is 4.74 Å². The summed E-state index contributed by atoms with van der Waals surface area (Å²) in [5.74, 6) is 0.170. The van der Waals surface area contributed by atoms with Gasteiger partial charge >= 0.3 is 5.97 Å². The maximum Gasteiger partial charge on any atom is 0.306 e. The molecule has 0 radical (unpaired) electrons. The minimum atomic E-state index is -0.774. The second-order valence-corrected chi connectivity index (χ2v) is 9.14. The highest BCUT2D eigenvalue weighted by atomic mass is 32.2. The van der Waals surface area contributed by atoms with Crippen molar-refractivity contribution in [1.29, 1.82) is 0 Å². The predicted octanol–water partition coefficient (Wildman–Crippen LogP) is 4.02. The summed E-state index contributed by atoms with van der Waals surface area (Å²) in [5, 5.41) is 2.80. The van der Waals surface area contributed by atoms with Crippen LogP contribution in [0.25, 0.3) is 10.2 Å². The van der Waals surface area contributed by atoms with Crippen molar-refractivity contribution < 1.29 is 14.3 Å². The number of thioether (sulfide) groups is 1. The molecule has 136 valence electrons. The molecular weight excluding hydrogens is 356 g/mol. The van der Waals surface area contributed by atoms with E-state index in [1.54, 1.807) is 30.0 Å². The van der Waals surface area contributed by atoms with Crippen molar-refractivity contribution in [2.45, 2.75) is 56.5 Å². The van der Waals surface area contributed by atoms with Crippen LogP contribution in [0.3, 0.4) is 0 Å². The molecule has 1 N–H and O–H groups in total. The van der Waals surface area contributed by atoms with Crippen LogP contribution in [-0.2, 0) is 14.3 Å². The summed E-state index contributed by atoms with van der Waals surface area (Å²) in [7, 11) is 0. The molecule has 1 atom stereocenters. The molecule has 0 aliphatic heterocycles. The number of esters is 1. The van der Waals surface area contributed by atoms with Gasteiger partial charge < -0.3 is 10.1 Å². The van der Waals surface area contributed by atoms with E-state index in [1.165, 1.54) is 4.70 Å². The first kappa shape index (κ1) is 19.7. The van der Waals surface area contributed by atoms with E-state index in [-0.39, 0.29) is 17.4 Å². The molecule has 2 rings (SSSR count). The second-order valence-electron chi connectivity index (χ2n) is 6.77. The van der Waals surface area contributed by atoms with Gasteiger partial charge in [0, 0.05) is 17.7 Å². The lowest BCUT2D eigenvalue weighted by Crippen LogP contribution is -2.46. The molecule has 0 bridgehead atoms. The largest absolute Gasteiger partial charge is 0.453 e. The Balaban J connectivity index is 1.69. The molecule has 0 unspecified atom stereocenters. The van der Waals surface area contributed by atoms with Gasteiger partial charge in [-0.1, -0.05) is 23.9 Å². The Kier molecular flexibility index (Phi) is 6.84. The van der Waals surface area contributed by atoms with Crippen molar-refractivity contribution in [2.24, 2.45) is 0 Å². The lowest BCUT2D eigenvalue weighted by molar-refractivity contribution is -0.155. The Hall–Kier alpha value is -1.60. The van der Waals surface area contributed by atoms with Crippen molar-refractivity contribution in [3.8, 4) is 0 Å². The Morgan fingerprint density at radius 2 is 2.04 bits per heavy atom. The van der Waals surface area contributed by atoms with E-state index in [2.05, 4.69) is 16.4 Å². The normalized spacial score (nSPS) is 12.8. The molecule has 25 heavy (non-hydrogen) atoms. The van der Waals surface area contributed by atoms with E-state index >= 15 is 0 Å². The van der Waals surface area contributed by atoms with Crippen molar-refractivity contribution in [3.63, 3.8) is 0 Å². The molecule has 0 saturated carbocycles. The number of thiazole rings is 1. The van der Waals surface area contributed by atoms with Gasteiger partial charge in [-0.3, -0.25) is 9.59 Å². The van der Waals surface area contributed by atoms with E-state index in [0.29, 0.717) is 12.8 Å². The number of hydrogen-bond acceptors (Lipinski definition) is 6. The summed E-state index contributed by atoms with van der Waals surface area (Å²) in [4.78, 5) is 28.3. The zero-order valence-corrected chi connectivity index (χ0v) is 16.6. The highest BCUT2D eigenvalue weighted by molar-refractivity contribution is 8.01. The number of carbonyl (C=O) groups excluding carboxylic acids is 2. The summed E-state index contributed by atoms with van der Waals surface area (Å²) in [6.07, 6.45) is 0.210. The third-order valence-electron chi connectivity index (χ3n) is 3.20. The summed E-state index contributed by atoms with van der Waals surface area (Å²) in [5.41, 5.74) is 0.666. The number of carbonyl (C=O) groups is 2. The van der Waals surface area contributed by atoms with Crippen LogP contribution in [0.4, 0.5) is 0 Å². The fourth-order valence-corrected chi connectivity index (χ4v) is 4.15. The highest BCUT2D eigenvalue weighted by Gasteiger charge is 2.22. The van der Waals surface area contributed by atoms with Gasteiger partial charge in [-0.15, -0.1) is 11.3 Å². The fraction of sp³-hybridized carbons (Fsp3) is 0.500. The first-order valence-electron chi connectivity index (χ1n) is 8.24. The van der Waals surface area contributed by atoms with Gasteiger partial charge in [0.05, 0.1) is 10.2 Å². The fourth-order valence-electron chi connectivity index (χ4n) is 2.07. The monoisotopic (exact) mass is 380 g/mol. The van der Waals surface area contributed by atoms with Gasteiger partial charge in [0.25, 0.3) is 5.91 Å². The summed E-state index contributed by atoms with van der Waals surface area (Å²) in [6, 6.07) is 8.03. The molecule has 2 aromatic rings. The minimum Gasteiger partial charge on any atom is -0.453 e. The maximum atomic E-state index is 11.9. The number of nitrogens with zero attached hydrogens (tertiary/aromatic N) is 1. The zero-order valence-electron chi connectivity index (χ0n) is 15.0. The Labute approximate surface area is 156 Å². The van der Waals surface area contributed by atoms with Gasteiger partial charge in [0.2, 0.25) is 0 Å². The summed E-state index contributed by atoms with van der Waals surface area (Å²) in [6.45, 7) is 7.25. The maximum absolute atomic E-state index is 11.9. The lowest BCUT2D eigenvalue weighted by Gasteiger charge is -2.23. The highest BCUT2D eigenvalue weighted by Crippen LogP contribution is 2.29. The van der Waals surface area contributed by atoms with Crippen LogP contribution in [0.15, 0.2) is 28.6 Å². The predicted molar refractivity (Wildman–Crippen MR) is 103 cm³/mol. The van der Waals surface area contributed by atoms with Crippen molar-refractivity contribution >= 4 is 45.2 Å². The van der Waals surface area contributed by atoms with Crippen LogP contribution in [0.2, 0.25) is 0 Å². The second kappa shape index (κ2) is 8.67. The Morgan fingerprint density at radius 3 is 2.72 bits per heavy atom. The van der Waals surface area contributed by atoms with Gasteiger partial charge in [-0.2, -0.15) is 0 Å². The standard InChI is InChI=1S/C18H24N2O3S2/c1-12(16(22)20-18(2,3)4)23-15(21)10-7-11-24-17-19-13-8-5-6-9-14(13)25-17/h5-6,8-9,12H,7,10-11H2,1-4H3,(H,20,22)/t12-/m0/s1. The first-order chi connectivity index (χ1) is 11.7.